The zero-order valence-electron chi connectivity index (χ0n) is 14.9. The summed E-state index contributed by atoms with van der Waals surface area (Å²) in [5.74, 6) is -0.150. The first kappa shape index (κ1) is 18.9. The number of carbonyl (C=O) groups excluding carboxylic acids is 1. The zero-order valence-corrected chi connectivity index (χ0v) is 16.5. The van der Waals surface area contributed by atoms with E-state index in [1.54, 1.807) is 11.8 Å². The number of fused-ring (bicyclic) bond motifs is 1. The number of benzene rings is 2. The van der Waals surface area contributed by atoms with Gasteiger partial charge < -0.3 is 9.30 Å². The van der Waals surface area contributed by atoms with Crippen molar-refractivity contribution in [2.45, 2.75) is 37.0 Å². The van der Waals surface area contributed by atoms with Gasteiger partial charge in [0.15, 0.2) is 0 Å². The van der Waals surface area contributed by atoms with E-state index in [4.69, 9.17) is 16.3 Å². The summed E-state index contributed by atoms with van der Waals surface area (Å²) >= 11 is 7.91. The van der Waals surface area contributed by atoms with Gasteiger partial charge in [0.05, 0.1) is 6.61 Å². The van der Waals surface area contributed by atoms with Crippen LogP contribution in [0.3, 0.4) is 0 Å². The number of hydrogen-bond acceptors (Lipinski definition) is 3. The zero-order chi connectivity index (χ0) is 18.5. The second-order valence-electron chi connectivity index (χ2n) is 6.00. The summed E-state index contributed by atoms with van der Waals surface area (Å²) in [5, 5.41) is 1.71. The smallest absolute Gasteiger partial charge is 0.319 e. The van der Waals surface area contributed by atoms with E-state index in [1.807, 2.05) is 50.2 Å². The summed E-state index contributed by atoms with van der Waals surface area (Å²) in [5.41, 5.74) is 2.21. The van der Waals surface area contributed by atoms with Crippen LogP contribution in [0.2, 0.25) is 5.02 Å². The standard InChI is InChI=1S/C21H22ClNO2S/c1-3-19(21(24)25-4-2)26-20-14-23(18-12-8-6-10-16(18)20)13-15-9-5-7-11-17(15)22/h5-12,14,19H,3-4,13H2,1-2H3. The minimum absolute atomic E-state index is 0.150. The van der Waals surface area contributed by atoms with E-state index in [2.05, 4.69) is 22.9 Å². The Morgan fingerprint density at radius 3 is 2.62 bits per heavy atom. The predicted octanol–water partition coefficient (Wildman–Crippen LogP) is 5.78. The Hall–Kier alpha value is -1.91. The molecule has 3 aromatic rings. The first-order chi connectivity index (χ1) is 12.6. The highest BCUT2D eigenvalue weighted by Crippen LogP contribution is 2.35. The van der Waals surface area contributed by atoms with Crippen molar-refractivity contribution in [1.82, 2.24) is 4.57 Å². The number of thioether (sulfide) groups is 1. The van der Waals surface area contributed by atoms with Crippen LogP contribution in [0.1, 0.15) is 25.8 Å². The number of hydrogen-bond donors (Lipinski definition) is 0. The normalized spacial score (nSPS) is 12.3. The van der Waals surface area contributed by atoms with Gasteiger partial charge in [-0.15, -0.1) is 11.8 Å². The lowest BCUT2D eigenvalue weighted by Crippen LogP contribution is -2.19. The van der Waals surface area contributed by atoms with Gasteiger partial charge >= 0.3 is 5.97 Å². The summed E-state index contributed by atoms with van der Waals surface area (Å²) in [6.45, 7) is 4.95. The Balaban J connectivity index is 1.94. The summed E-state index contributed by atoms with van der Waals surface area (Å²) in [6, 6.07) is 16.1. The molecule has 0 saturated carbocycles. The monoisotopic (exact) mass is 387 g/mol. The maximum absolute atomic E-state index is 12.2. The van der Waals surface area contributed by atoms with E-state index in [9.17, 15) is 4.79 Å². The molecule has 136 valence electrons. The highest BCUT2D eigenvalue weighted by Gasteiger charge is 2.21. The van der Waals surface area contributed by atoms with Gasteiger partial charge in [-0.1, -0.05) is 54.9 Å². The molecular weight excluding hydrogens is 366 g/mol. The molecule has 1 unspecified atom stereocenters. The molecule has 0 amide bonds. The maximum Gasteiger partial charge on any atom is 0.319 e. The third-order valence-electron chi connectivity index (χ3n) is 4.24. The van der Waals surface area contributed by atoms with Crippen LogP contribution in [-0.2, 0) is 16.1 Å². The second kappa shape index (κ2) is 8.65. The van der Waals surface area contributed by atoms with Gasteiger partial charge in [0.1, 0.15) is 5.25 Å². The van der Waals surface area contributed by atoms with Crippen LogP contribution in [0.25, 0.3) is 10.9 Å². The quantitative estimate of drug-likeness (QED) is 0.380. The van der Waals surface area contributed by atoms with Crippen LogP contribution in [0.5, 0.6) is 0 Å². The number of carbonyl (C=O) groups is 1. The Labute approximate surface area is 163 Å². The van der Waals surface area contributed by atoms with Crippen molar-refractivity contribution in [2.75, 3.05) is 6.61 Å². The number of para-hydroxylation sites is 1. The second-order valence-corrected chi connectivity index (χ2v) is 7.65. The molecule has 0 N–H and O–H groups in total. The number of ether oxygens (including phenoxy) is 1. The van der Waals surface area contributed by atoms with Crippen molar-refractivity contribution >= 4 is 40.2 Å². The van der Waals surface area contributed by atoms with Gasteiger partial charge in [-0.3, -0.25) is 4.79 Å². The third-order valence-corrected chi connectivity index (χ3v) is 6.00. The molecule has 1 atom stereocenters. The fourth-order valence-electron chi connectivity index (χ4n) is 2.93. The molecule has 0 aliphatic rings. The number of nitrogens with zero attached hydrogens (tertiary/aromatic N) is 1. The Morgan fingerprint density at radius 2 is 1.88 bits per heavy atom. The first-order valence-corrected chi connectivity index (χ1v) is 10.0. The van der Waals surface area contributed by atoms with Gasteiger partial charge in [0.25, 0.3) is 0 Å². The average molecular weight is 388 g/mol. The van der Waals surface area contributed by atoms with Crippen molar-refractivity contribution < 1.29 is 9.53 Å². The lowest BCUT2D eigenvalue weighted by Gasteiger charge is -2.12. The Kier molecular flexibility index (Phi) is 6.28. The SMILES string of the molecule is CCOC(=O)C(CC)Sc1cn(Cc2ccccc2Cl)c2ccccc12. The van der Waals surface area contributed by atoms with E-state index in [0.717, 1.165) is 32.8 Å². The lowest BCUT2D eigenvalue weighted by atomic mass is 10.2. The van der Waals surface area contributed by atoms with Gasteiger partial charge in [0, 0.05) is 33.6 Å². The van der Waals surface area contributed by atoms with E-state index >= 15 is 0 Å². The molecule has 1 heterocycles. The molecule has 5 heteroatoms. The predicted molar refractivity (Wildman–Crippen MR) is 109 cm³/mol. The van der Waals surface area contributed by atoms with Gasteiger partial charge in [0.2, 0.25) is 0 Å². The molecule has 0 radical (unpaired) electrons. The fraction of sp³-hybridized carbons (Fsp3) is 0.286. The molecule has 26 heavy (non-hydrogen) atoms. The van der Waals surface area contributed by atoms with E-state index in [-0.39, 0.29) is 11.2 Å². The van der Waals surface area contributed by atoms with E-state index in [1.165, 1.54) is 0 Å². The van der Waals surface area contributed by atoms with Crippen LogP contribution in [0.4, 0.5) is 0 Å². The first-order valence-electron chi connectivity index (χ1n) is 8.78. The van der Waals surface area contributed by atoms with E-state index < -0.39 is 0 Å². The minimum atomic E-state index is -0.200. The molecule has 0 spiro atoms. The van der Waals surface area contributed by atoms with Gasteiger partial charge in [-0.05, 0) is 31.0 Å². The molecule has 1 aromatic heterocycles. The molecule has 0 bridgehead atoms. The van der Waals surface area contributed by atoms with E-state index in [0.29, 0.717) is 13.2 Å². The fourth-order valence-corrected chi connectivity index (χ4v) is 4.26. The maximum atomic E-state index is 12.2. The van der Waals surface area contributed by atoms with Crippen molar-refractivity contribution in [3.8, 4) is 0 Å². The molecule has 0 aliphatic heterocycles. The summed E-state index contributed by atoms with van der Waals surface area (Å²) in [7, 11) is 0. The third kappa shape index (κ3) is 4.08. The molecule has 3 rings (SSSR count). The highest BCUT2D eigenvalue weighted by molar-refractivity contribution is 8.00. The molecule has 0 saturated heterocycles. The molecule has 0 aliphatic carbocycles. The molecule has 3 nitrogen and oxygen atoms in total. The number of aromatic nitrogens is 1. The van der Waals surface area contributed by atoms with Crippen LogP contribution in [0.15, 0.2) is 59.6 Å². The van der Waals surface area contributed by atoms with Crippen molar-refractivity contribution in [3.05, 3.63) is 65.3 Å². The summed E-state index contributed by atoms with van der Waals surface area (Å²) in [4.78, 5) is 13.3. The number of esters is 1. The topological polar surface area (TPSA) is 31.2 Å². The van der Waals surface area contributed by atoms with Crippen molar-refractivity contribution in [1.29, 1.82) is 0 Å². The minimum Gasteiger partial charge on any atom is -0.465 e. The van der Waals surface area contributed by atoms with Crippen molar-refractivity contribution in [3.63, 3.8) is 0 Å². The molecular formula is C21H22ClNO2S. The van der Waals surface area contributed by atoms with Crippen molar-refractivity contribution in [2.24, 2.45) is 0 Å². The number of rotatable bonds is 7. The highest BCUT2D eigenvalue weighted by atomic mass is 35.5. The van der Waals surface area contributed by atoms with Crippen LogP contribution >= 0.6 is 23.4 Å². The molecule has 2 aromatic carbocycles. The van der Waals surface area contributed by atoms with Gasteiger partial charge in [-0.2, -0.15) is 0 Å². The summed E-state index contributed by atoms with van der Waals surface area (Å²) in [6.07, 6.45) is 2.84. The lowest BCUT2D eigenvalue weighted by molar-refractivity contribution is -0.142. The van der Waals surface area contributed by atoms with Crippen LogP contribution < -0.4 is 0 Å². The average Bonchev–Trinajstić information content (AvgIpc) is 2.99. The summed E-state index contributed by atoms with van der Waals surface area (Å²) < 4.78 is 7.40. The largest absolute Gasteiger partial charge is 0.465 e. The Bertz CT molecular complexity index is 906. The number of halogens is 1. The Morgan fingerprint density at radius 1 is 1.15 bits per heavy atom. The van der Waals surface area contributed by atoms with Crippen LogP contribution in [-0.4, -0.2) is 22.4 Å². The van der Waals surface area contributed by atoms with Crippen LogP contribution in [0, 0.1) is 0 Å². The van der Waals surface area contributed by atoms with Gasteiger partial charge in [-0.25, -0.2) is 0 Å². The molecule has 0 fully saturated rings.